The Kier molecular flexibility index (Phi) is 11.3. The van der Waals surface area contributed by atoms with Crippen LogP contribution in [0.3, 0.4) is 0 Å². The summed E-state index contributed by atoms with van der Waals surface area (Å²) >= 11 is 0. The highest BCUT2D eigenvalue weighted by Crippen LogP contribution is 2.30. The minimum atomic E-state index is -0.272. The monoisotopic (exact) mass is 405 g/mol. The van der Waals surface area contributed by atoms with Crippen LogP contribution in [-0.2, 0) is 17.6 Å². The van der Waals surface area contributed by atoms with Gasteiger partial charge in [0, 0.05) is 31.4 Å². The van der Waals surface area contributed by atoms with Gasteiger partial charge in [-0.2, -0.15) is 0 Å². The van der Waals surface area contributed by atoms with Crippen molar-refractivity contribution in [3.63, 3.8) is 0 Å². The lowest BCUT2D eigenvalue weighted by molar-refractivity contribution is 0.129. The van der Waals surface area contributed by atoms with Crippen molar-refractivity contribution in [2.75, 3.05) is 39.5 Å². The molecule has 1 heterocycles. The Balaban J connectivity index is 1.43. The van der Waals surface area contributed by atoms with Crippen molar-refractivity contribution in [1.82, 2.24) is 5.32 Å². The zero-order valence-electron chi connectivity index (χ0n) is 18.0. The first-order chi connectivity index (χ1) is 14.2. The number of hydrogen-bond donors (Lipinski definition) is 3. The summed E-state index contributed by atoms with van der Waals surface area (Å²) in [5.74, 6) is 2.10. The number of allylic oxidation sites excluding steroid dienone is 2. The summed E-state index contributed by atoms with van der Waals surface area (Å²) in [5, 5.41) is 22.6. The summed E-state index contributed by atoms with van der Waals surface area (Å²) in [6.45, 7) is 5.55. The Morgan fingerprint density at radius 3 is 2.62 bits per heavy atom. The molecule has 0 fully saturated rings. The highest BCUT2D eigenvalue weighted by Gasteiger charge is 2.28. The van der Waals surface area contributed by atoms with E-state index in [2.05, 4.69) is 30.4 Å². The van der Waals surface area contributed by atoms with Gasteiger partial charge in [0.1, 0.15) is 11.5 Å². The molecule has 1 aromatic rings. The van der Waals surface area contributed by atoms with E-state index < -0.39 is 0 Å². The van der Waals surface area contributed by atoms with E-state index in [4.69, 9.17) is 9.15 Å². The molecule has 1 atom stereocenters. The number of unbranched alkanes of at least 4 members (excludes halogenated alkanes) is 3. The number of nitrogens with one attached hydrogen (secondary N) is 1. The third-order valence-electron chi connectivity index (χ3n) is 5.45. The summed E-state index contributed by atoms with van der Waals surface area (Å²) < 4.78 is 11.5. The van der Waals surface area contributed by atoms with Gasteiger partial charge in [0.2, 0.25) is 0 Å². The van der Waals surface area contributed by atoms with E-state index in [1.165, 1.54) is 12.8 Å². The van der Waals surface area contributed by atoms with Gasteiger partial charge in [-0.25, -0.2) is 0 Å². The molecule has 0 aliphatic heterocycles. The highest BCUT2D eigenvalue weighted by atomic mass is 16.5. The lowest BCUT2D eigenvalue weighted by Crippen LogP contribution is -2.37. The van der Waals surface area contributed by atoms with Crippen LogP contribution in [0.1, 0.15) is 57.0 Å². The Bertz CT molecular complexity index is 622. The largest absolute Gasteiger partial charge is 0.466 e. The van der Waals surface area contributed by atoms with E-state index in [0.29, 0.717) is 0 Å². The topological polar surface area (TPSA) is 74.9 Å². The number of aliphatic hydroxyl groups is 2. The van der Waals surface area contributed by atoms with Crippen molar-refractivity contribution in [1.29, 1.82) is 0 Å². The zero-order valence-corrected chi connectivity index (χ0v) is 18.0. The fraction of sp³-hybridized carbons (Fsp3) is 0.667. The average Bonchev–Trinajstić information content (AvgIpc) is 3.19. The number of aliphatic hydroxyl groups excluding tert-OH is 2. The van der Waals surface area contributed by atoms with Crippen LogP contribution >= 0.6 is 0 Å². The summed E-state index contributed by atoms with van der Waals surface area (Å²) in [6, 6.07) is 4.13. The maximum absolute atomic E-state index is 9.78. The number of rotatable bonds is 16. The summed E-state index contributed by atoms with van der Waals surface area (Å²) in [7, 11) is 0. The fourth-order valence-corrected chi connectivity index (χ4v) is 3.71. The molecule has 164 valence electrons. The molecule has 0 saturated carbocycles. The van der Waals surface area contributed by atoms with Crippen molar-refractivity contribution >= 4 is 0 Å². The second-order valence-corrected chi connectivity index (χ2v) is 8.11. The third kappa shape index (κ3) is 8.87. The van der Waals surface area contributed by atoms with Crippen molar-refractivity contribution in [3.8, 4) is 0 Å². The normalized spacial score (nSPS) is 18.9. The van der Waals surface area contributed by atoms with Gasteiger partial charge in [0.05, 0.1) is 19.8 Å². The molecule has 1 aromatic heterocycles. The van der Waals surface area contributed by atoms with E-state index in [1.54, 1.807) is 0 Å². The highest BCUT2D eigenvalue weighted by molar-refractivity contribution is 5.24. The predicted molar refractivity (Wildman–Crippen MR) is 117 cm³/mol. The number of hydrogen-bond acceptors (Lipinski definition) is 5. The van der Waals surface area contributed by atoms with Gasteiger partial charge in [0.25, 0.3) is 0 Å². The minimum absolute atomic E-state index is 0.0650. The first kappa shape index (κ1) is 23.9. The molecule has 29 heavy (non-hydrogen) atoms. The molecule has 0 saturated heterocycles. The van der Waals surface area contributed by atoms with Crippen LogP contribution in [0, 0.1) is 5.41 Å². The summed E-state index contributed by atoms with van der Waals surface area (Å²) in [5.41, 5.74) is 0.711. The molecule has 5 nitrogen and oxygen atoms in total. The van der Waals surface area contributed by atoms with Crippen LogP contribution in [0.15, 0.2) is 40.4 Å². The molecule has 3 N–H and O–H groups in total. The van der Waals surface area contributed by atoms with Gasteiger partial charge < -0.3 is 24.7 Å². The average molecular weight is 406 g/mol. The Morgan fingerprint density at radius 1 is 1.07 bits per heavy atom. The molecule has 0 radical (unpaired) electrons. The molecular weight excluding hydrogens is 366 g/mol. The van der Waals surface area contributed by atoms with Crippen LogP contribution in [0.2, 0.25) is 0 Å². The molecule has 1 unspecified atom stereocenters. The van der Waals surface area contributed by atoms with Gasteiger partial charge in [0.15, 0.2) is 0 Å². The quantitative estimate of drug-likeness (QED) is 0.365. The van der Waals surface area contributed by atoms with Crippen LogP contribution in [-0.4, -0.2) is 49.7 Å². The molecule has 2 rings (SSSR count). The first-order valence-electron chi connectivity index (χ1n) is 11.2. The van der Waals surface area contributed by atoms with E-state index in [-0.39, 0.29) is 18.6 Å². The zero-order chi connectivity index (χ0) is 20.8. The fourth-order valence-electron chi connectivity index (χ4n) is 3.71. The lowest BCUT2D eigenvalue weighted by atomic mass is 9.79. The van der Waals surface area contributed by atoms with Crippen LogP contribution in [0.25, 0.3) is 0 Å². The van der Waals surface area contributed by atoms with Gasteiger partial charge >= 0.3 is 0 Å². The molecular formula is C24H39NO4. The van der Waals surface area contributed by atoms with Crippen molar-refractivity contribution < 1.29 is 19.4 Å². The summed E-state index contributed by atoms with van der Waals surface area (Å²) in [6.07, 6.45) is 14.2. The standard InChI is InChI=1S/C24H39NO4/c1-2-8-22-10-11-23(29-22)12-16-28-15-6-4-3-5-14-25-19-24(20-27)13-7-9-21(17-24)18-26/h7,9-11,13,25-27H,2-6,8,12,14-20H2,1H3. The van der Waals surface area contributed by atoms with Gasteiger partial charge in [-0.15, -0.1) is 0 Å². The maximum Gasteiger partial charge on any atom is 0.106 e. The van der Waals surface area contributed by atoms with Gasteiger partial charge in [-0.3, -0.25) is 0 Å². The molecule has 0 amide bonds. The summed E-state index contributed by atoms with van der Waals surface area (Å²) in [4.78, 5) is 0. The Morgan fingerprint density at radius 2 is 1.86 bits per heavy atom. The van der Waals surface area contributed by atoms with E-state index in [0.717, 1.165) is 81.9 Å². The number of aryl methyl sites for hydroxylation is 1. The lowest BCUT2D eigenvalue weighted by Gasteiger charge is -2.32. The SMILES string of the molecule is CCCc1ccc(CCOCCCCCCNCC2(CO)C=CC=C(CO)C2)o1. The number of ether oxygens (including phenoxy) is 1. The van der Waals surface area contributed by atoms with Crippen molar-refractivity contribution in [2.45, 2.75) is 58.3 Å². The molecule has 0 aromatic carbocycles. The van der Waals surface area contributed by atoms with E-state index in [9.17, 15) is 10.2 Å². The number of furan rings is 1. The Labute approximate surface area is 175 Å². The van der Waals surface area contributed by atoms with Crippen LogP contribution in [0.5, 0.6) is 0 Å². The molecule has 5 heteroatoms. The predicted octanol–water partition coefficient (Wildman–Crippen LogP) is 3.80. The second-order valence-electron chi connectivity index (χ2n) is 8.11. The Hall–Kier alpha value is -1.40. The third-order valence-corrected chi connectivity index (χ3v) is 5.45. The van der Waals surface area contributed by atoms with Crippen molar-refractivity contribution in [2.24, 2.45) is 5.41 Å². The van der Waals surface area contributed by atoms with Crippen molar-refractivity contribution in [3.05, 3.63) is 47.5 Å². The second kappa shape index (κ2) is 13.8. The molecule has 0 bridgehead atoms. The molecule has 1 aliphatic carbocycles. The minimum Gasteiger partial charge on any atom is -0.466 e. The van der Waals surface area contributed by atoms with Gasteiger partial charge in [-0.1, -0.05) is 38.0 Å². The molecule has 0 spiro atoms. The first-order valence-corrected chi connectivity index (χ1v) is 11.2. The smallest absolute Gasteiger partial charge is 0.106 e. The maximum atomic E-state index is 9.78. The van der Waals surface area contributed by atoms with E-state index >= 15 is 0 Å². The van der Waals surface area contributed by atoms with E-state index in [1.807, 2.05) is 12.2 Å². The van der Waals surface area contributed by atoms with Crippen LogP contribution in [0.4, 0.5) is 0 Å². The molecule has 1 aliphatic rings. The van der Waals surface area contributed by atoms with Gasteiger partial charge in [-0.05, 0) is 49.9 Å². The van der Waals surface area contributed by atoms with Crippen LogP contribution < -0.4 is 5.32 Å².